The topological polar surface area (TPSA) is 38.9 Å². The number of aromatic nitrogens is 1. The van der Waals surface area contributed by atoms with E-state index in [1.165, 1.54) is 11.1 Å². The van der Waals surface area contributed by atoms with Crippen LogP contribution in [0.15, 0.2) is 58.7 Å². The molecule has 0 saturated carbocycles. The van der Waals surface area contributed by atoms with Crippen LogP contribution in [0.2, 0.25) is 0 Å². The highest BCUT2D eigenvalue weighted by molar-refractivity contribution is 8.11. The van der Waals surface area contributed by atoms with Gasteiger partial charge < -0.3 is 5.73 Å². The van der Waals surface area contributed by atoms with Crippen molar-refractivity contribution in [2.45, 2.75) is 27.7 Å². The number of hydrogen-bond donors (Lipinski definition) is 1. The first-order valence-corrected chi connectivity index (χ1v) is 13.8. The lowest BCUT2D eigenvalue weighted by atomic mass is 10.2. The normalized spacial score (nSPS) is 10.5. The van der Waals surface area contributed by atoms with Gasteiger partial charge in [-0.3, -0.25) is 0 Å². The zero-order valence-electron chi connectivity index (χ0n) is 18.1. The fourth-order valence-corrected chi connectivity index (χ4v) is 4.40. The number of benzene rings is 1. The second-order valence-corrected chi connectivity index (χ2v) is 10.5. The minimum atomic E-state index is 0.821. The molecule has 0 unspecified atom stereocenters. The van der Waals surface area contributed by atoms with Crippen molar-refractivity contribution in [1.82, 2.24) is 4.98 Å². The van der Waals surface area contributed by atoms with Gasteiger partial charge in [0.2, 0.25) is 0 Å². The van der Waals surface area contributed by atoms with Crippen LogP contribution in [0.5, 0.6) is 0 Å². The fourth-order valence-electron chi connectivity index (χ4n) is 2.06. The van der Waals surface area contributed by atoms with Gasteiger partial charge in [-0.2, -0.15) is 0 Å². The van der Waals surface area contributed by atoms with Crippen molar-refractivity contribution in [3.05, 3.63) is 74.8 Å². The highest BCUT2D eigenvalue weighted by Gasteiger charge is 2.10. The van der Waals surface area contributed by atoms with Crippen LogP contribution in [0.3, 0.4) is 0 Å². The van der Waals surface area contributed by atoms with Crippen LogP contribution in [0.1, 0.15) is 30.0 Å². The van der Waals surface area contributed by atoms with Crippen LogP contribution in [0, 0.1) is 13.8 Å². The van der Waals surface area contributed by atoms with Gasteiger partial charge in [-0.1, -0.05) is 59.8 Å². The van der Waals surface area contributed by atoms with E-state index in [1.54, 1.807) is 34.4 Å². The summed E-state index contributed by atoms with van der Waals surface area (Å²) in [7, 11) is 1.08. The van der Waals surface area contributed by atoms with Crippen LogP contribution in [-0.2, 0) is 0 Å². The number of allylic oxidation sites excluding steroid dienone is 2. The Labute approximate surface area is 190 Å². The quantitative estimate of drug-likeness (QED) is 0.396. The molecular weight excluding hydrogens is 431 g/mol. The Hall–Kier alpha value is -1.39. The van der Waals surface area contributed by atoms with Crippen LogP contribution in [0.4, 0.5) is 5.00 Å². The van der Waals surface area contributed by atoms with E-state index in [0.29, 0.717) is 0 Å². The molecule has 0 spiro atoms. The summed E-state index contributed by atoms with van der Waals surface area (Å²) in [6.07, 6.45) is 2.07. The molecule has 0 saturated heterocycles. The summed E-state index contributed by atoms with van der Waals surface area (Å²) in [5.41, 5.74) is 10.5. The predicted octanol–water partition coefficient (Wildman–Crippen LogP) is 8.31. The zero-order chi connectivity index (χ0) is 21.8. The van der Waals surface area contributed by atoms with Gasteiger partial charge >= 0.3 is 0 Å². The monoisotopic (exact) mass is 462 g/mol. The number of anilines is 1. The summed E-state index contributed by atoms with van der Waals surface area (Å²) >= 11 is 4.85. The zero-order valence-corrected chi connectivity index (χ0v) is 21.5. The number of nitrogen functional groups attached to an aromatic ring is 1. The molecule has 0 radical (unpaired) electrons. The van der Waals surface area contributed by atoms with E-state index >= 15 is 0 Å². The molecule has 3 rings (SSSR count). The Bertz CT molecular complexity index is 887. The van der Waals surface area contributed by atoms with Crippen LogP contribution in [0.25, 0.3) is 16.2 Å². The third-order valence-electron chi connectivity index (χ3n) is 3.40. The highest BCUT2D eigenvalue weighted by Crippen LogP contribution is 2.36. The predicted molar refractivity (Wildman–Crippen MR) is 142 cm³/mol. The molecule has 2 heterocycles. The Morgan fingerprint density at radius 2 is 1.66 bits per heavy atom. The fraction of sp³-hybridized carbons (Fsp3) is 0.261. The minimum Gasteiger partial charge on any atom is -0.391 e. The van der Waals surface area contributed by atoms with Gasteiger partial charge in [0, 0.05) is 21.2 Å². The molecule has 0 aliphatic rings. The first-order valence-electron chi connectivity index (χ1n) is 9.22. The molecule has 1 aromatic carbocycles. The second-order valence-electron chi connectivity index (χ2n) is 6.39. The first-order chi connectivity index (χ1) is 13.8. The van der Waals surface area contributed by atoms with Gasteiger partial charge in [0.25, 0.3) is 0 Å². The Balaban J connectivity index is 0.000000317. The van der Waals surface area contributed by atoms with Gasteiger partial charge in [0.1, 0.15) is 5.01 Å². The van der Waals surface area contributed by atoms with E-state index in [-0.39, 0.29) is 0 Å². The van der Waals surface area contributed by atoms with Crippen LogP contribution < -0.4 is 5.73 Å². The average Bonchev–Trinajstić information content (AvgIpc) is 3.32. The smallest absolute Gasteiger partial charge is 0.130 e. The largest absolute Gasteiger partial charge is 0.391 e. The molecule has 0 amide bonds. The molecule has 6 heteroatoms. The standard InChI is InChI=1S/C13H14N2S3.C8H10.C2H7P/c1-4-11(18-8(2)3)13-15-10(7-17-13)9-5-12(14)16-6-9;1-7-3-5-8(2)6-4-7;1-3-2/h4-7H,2,14H2,1,3H3;3-6H,1-2H3;3H,1-2H3/b11-4-;;. The van der Waals surface area contributed by atoms with Crippen molar-refractivity contribution in [3.8, 4) is 11.3 Å². The first kappa shape index (κ1) is 25.6. The maximum Gasteiger partial charge on any atom is 0.130 e. The maximum atomic E-state index is 5.74. The molecule has 2 N–H and O–H groups in total. The number of thiazole rings is 1. The van der Waals surface area contributed by atoms with E-state index in [9.17, 15) is 0 Å². The van der Waals surface area contributed by atoms with E-state index in [1.807, 2.05) is 25.3 Å². The molecule has 156 valence electrons. The third-order valence-corrected chi connectivity index (χ3v) is 6.16. The van der Waals surface area contributed by atoms with Gasteiger partial charge in [-0.05, 0) is 52.0 Å². The Kier molecular flexibility index (Phi) is 12.2. The summed E-state index contributed by atoms with van der Waals surface area (Å²) in [6, 6.07) is 10.4. The number of thiophene rings is 1. The molecule has 0 bridgehead atoms. The summed E-state index contributed by atoms with van der Waals surface area (Å²) in [6.45, 7) is 16.4. The van der Waals surface area contributed by atoms with E-state index in [4.69, 9.17) is 5.73 Å². The molecule has 0 aliphatic carbocycles. The van der Waals surface area contributed by atoms with Gasteiger partial charge in [-0.15, -0.1) is 31.3 Å². The van der Waals surface area contributed by atoms with Gasteiger partial charge in [0.05, 0.1) is 10.7 Å². The van der Waals surface area contributed by atoms with Gasteiger partial charge in [0.15, 0.2) is 0 Å². The molecule has 0 atom stereocenters. The molecular formula is C23H31N2PS3. The van der Waals surface area contributed by atoms with E-state index in [0.717, 1.165) is 39.7 Å². The molecule has 2 nitrogen and oxygen atoms in total. The third kappa shape index (κ3) is 9.77. The van der Waals surface area contributed by atoms with Crippen molar-refractivity contribution >= 4 is 52.9 Å². The molecule has 29 heavy (non-hydrogen) atoms. The lowest BCUT2D eigenvalue weighted by Gasteiger charge is -2.01. The molecule has 0 aliphatic heterocycles. The minimum absolute atomic E-state index is 0.821. The summed E-state index contributed by atoms with van der Waals surface area (Å²) < 4.78 is 0. The molecule has 0 fully saturated rings. The van der Waals surface area contributed by atoms with Crippen LogP contribution >= 0.6 is 43.0 Å². The lowest BCUT2D eigenvalue weighted by Crippen LogP contribution is -1.80. The number of hydrogen-bond acceptors (Lipinski definition) is 5. The number of nitrogens with zero attached hydrogens (tertiary/aromatic N) is 1. The maximum absolute atomic E-state index is 5.74. The van der Waals surface area contributed by atoms with E-state index in [2.05, 4.69) is 74.5 Å². The summed E-state index contributed by atoms with van der Waals surface area (Å²) in [5.74, 6) is 0. The van der Waals surface area contributed by atoms with Crippen molar-refractivity contribution in [2.75, 3.05) is 19.1 Å². The number of thioether (sulfide) groups is 1. The molecule has 2 aromatic heterocycles. The number of aryl methyl sites for hydroxylation is 2. The second kappa shape index (κ2) is 13.8. The van der Waals surface area contributed by atoms with Crippen molar-refractivity contribution in [2.24, 2.45) is 0 Å². The Morgan fingerprint density at radius 3 is 2.07 bits per heavy atom. The number of nitrogens with two attached hydrogens (primary N) is 1. The van der Waals surface area contributed by atoms with Crippen LogP contribution in [-0.4, -0.2) is 18.3 Å². The van der Waals surface area contributed by atoms with Crippen molar-refractivity contribution in [3.63, 3.8) is 0 Å². The average molecular weight is 463 g/mol. The van der Waals surface area contributed by atoms with E-state index < -0.39 is 0 Å². The van der Waals surface area contributed by atoms with Crippen molar-refractivity contribution < 1.29 is 0 Å². The lowest BCUT2D eigenvalue weighted by molar-refractivity contribution is 1.39. The number of rotatable bonds is 4. The summed E-state index contributed by atoms with van der Waals surface area (Å²) in [4.78, 5) is 6.88. The van der Waals surface area contributed by atoms with Gasteiger partial charge in [-0.25, -0.2) is 4.98 Å². The van der Waals surface area contributed by atoms with Crippen molar-refractivity contribution in [1.29, 1.82) is 0 Å². The Morgan fingerprint density at radius 1 is 1.10 bits per heavy atom. The molecule has 3 aromatic rings. The highest BCUT2D eigenvalue weighted by atomic mass is 32.2. The summed E-state index contributed by atoms with van der Waals surface area (Å²) in [5, 5.41) is 5.96. The SMILES string of the molecule is C=C(C)S/C(=C\C)c1nc(-c2csc(N)c2)cs1.CPC.Cc1ccc(C)cc1.